The van der Waals surface area contributed by atoms with Crippen LogP contribution in [0.3, 0.4) is 0 Å². The van der Waals surface area contributed by atoms with Crippen molar-refractivity contribution in [2.45, 2.75) is 6.42 Å². The van der Waals surface area contributed by atoms with Crippen molar-refractivity contribution in [1.29, 1.82) is 0 Å². The lowest BCUT2D eigenvalue weighted by Crippen LogP contribution is -2.14. The Hall–Kier alpha value is -3.78. The minimum absolute atomic E-state index is 0.0346. The number of furan rings is 1. The predicted molar refractivity (Wildman–Crippen MR) is 112 cm³/mol. The maximum atomic E-state index is 13.4. The standard InChI is InChI=1S/C22H16N2O5S/c1-28-15-7-4-13(5-8-15)21(25)17(12-16-3-2-10-29-16)20(22(26)27)14-6-9-18-19(11-14)24-30-23-18/h2-11H,12H2,1H3,(H,26,27). The number of Topliss-reactive ketones (excluding diaryl/α,β-unsaturated/α-hetero) is 1. The highest BCUT2D eigenvalue weighted by atomic mass is 32.1. The van der Waals surface area contributed by atoms with Crippen LogP contribution in [0.5, 0.6) is 5.75 Å². The summed E-state index contributed by atoms with van der Waals surface area (Å²) in [5.41, 5.74) is 2.00. The van der Waals surface area contributed by atoms with Crippen molar-refractivity contribution in [2.75, 3.05) is 7.11 Å². The van der Waals surface area contributed by atoms with Crippen LogP contribution >= 0.6 is 11.7 Å². The van der Waals surface area contributed by atoms with Gasteiger partial charge in [-0.2, -0.15) is 8.75 Å². The van der Waals surface area contributed by atoms with E-state index in [-0.39, 0.29) is 17.6 Å². The van der Waals surface area contributed by atoms with Gasteiger partial charge in [0.15, 0.2) is 5.78 Å². The third kappa shape index (κ3) is 3.85. The molecule has 2 heterocycles. The van der Waals surface area contributed by atoms with Gasteiger partial charge in [0.05, 0.1) is 30.7 Å². The van der Waals surface area contributed by atoms with Gasteiger partial charge in [-0.25, -0.2) is 4.79 Å². The van der Waals surface area contributed by atoms with E-state index in [0.29, 0.717) is 33.7 Å². The van der Waals surface area contributed by atoms with Gasteiger partial charge in [-0.1, -0.05) is 6.07 Å². The molecular formula is C22H16N2O5S. The molecule has 0 radical (unpaired) electrons. The second-order valence-corrected chi connectivity index (χ2v) is 6.97. The number of nitrogens with zero attached hydrogens (tertiary/aromatic N) is 2. The average molecular weight is 420 g/mol. The zero-order chi connectivity index (χ0) is 21.1. The summed E-state index contributed by atoms with van der Waals surface area (Å²) in [6, 6.07) is 14.9. The van der Waals surface area contributed by atoms with Crippen molar-refractivity contribution in [2.24, 2.45) is 0 Å². The molecular weight excluding hydrogens is 404 g/mol. The van der Waals surface area contributed by atoms with Crippen molar-refractivity contribution in [1.82, 2.24) is 8.75 Å². The average Bonchev–Trinajstić information content (AvgIpc) is 3.44. The van der Waals surface area contributed by atoms with Gasteiger partial charge in [-0.3, -0.25) is 4.79 Å². The number of fused-ring (bicyclic) bond motifs is 1. The third-order valence-electron chi connectivity index (χ3n) is 4.62. The highest BCUT2D eigenvalue weighted by Crippen LogP contribution is 2.28. The Labute approximate surface area is 175 Å². The zero-order valence-corrected chi connectivity index (χ0v) is 16.7. The Morgan fingerprint density at radius 3 is 2.43 bits per heavy atom. The predicted octanol–water partition coefficient (Wildman–Crippen LogP) is 4.26. The molecule has 0 amide bonds. The molecule has 0 spiro atoms. The van der Waals surface area contributed by atoms with E-state index in [1.165, 1.54) is 13.4 Å². The second-order valence-electron chi connectivity index (χ2n) is 6.44. The number of aromatic nitrogens is 2. The number of aliphatic carboxylic acids is 1. The van der Waals surface area contributed by atoms with E-state index in [2.05, 4.69) is 8.75 Å². The Morgan fingerprint density at radius 1 is 1.03 bits per heavy atom. The van der Waals surface area contributed by atoms with E-state index in [1.807, 2.05) is 0 Å². The quantitative estimate of drug-likeness (QED) is 0.352. The molecule has 0 saturated carbocycles. The number of hydrogen-bond acceptors (Lipinski definition) is 7. The first-order valence-electron chi connectivity index (χ1n) is 8.97. The number of benzene rings is 2. The van der Waals surface area contributed by atoms with E-state index in [4.69, 9.17) is 9.15 Å². The number of rotatable bonds is 7. The molecule has 0 aliphatic carbocycles. The fraction of sp³-hybridized carbons (Fsp3) is 0.0909. The topological polar surface area (TPSA) is 103 Å². The van der Waals surface area contributed by atoms with Crippen molar-refractivity contribution in [3.05, 3.63) is 83.3 Å². The van der Waals surface area contributed by atoms with Crippen LogP contribution in [0, 0.1) is 0 Å². The Bertz CT molecular complexity index is 1240. The van der Waals surface area contributed by atoms with Crippen molar-refractivity contribution in [3.63, 3.8) is 0 Å². The number of carbonyl (C=O) groups excluding carboxylic acids is 1. The molecule has 0 aliphatic rings. The van der Waals surface area contributed by atoms with Crippen LogP contribution in [0.25, 0.3) is 16.6 Å². The van der Waals surface area contributed by atoms with E-state index >= 15 is 0 Å². The number of methoxy groups -OCH3 is 1. The van der Waals surface area contributed by atoms with Crippen molar-refractivity contribution in [3.8, 4) is 5.75 Å². The highest BCUT2D eigenvalue weighted by Gasteiger charge is 2.25. The van der Waals surface area contributed by atoms with E-state index in [0.717, 1.165) is 11.7 Å². The van der Waals surface area contributed by atoms with Crippen LogP contribution in [-0.2, 0) is 11.2 Å². The van der Waals surface area contributed by atoms with Crippen LogP contribution in [0.4, 0.5) is 0 Å². The second kappa shape index (κ2) is 8.30. The van der Waals surface area contributed by atoms with Crippen LogP contribution < -0.4 is 4.74 Å². The number of allylic oxidation sites excluding steroid dienone is 1. The van der Waals surface area contributed by atoms with E-state index < -0.39 is 11.8 Å². The number of ether oxygens (including phenoxy) is 1. The maximum absolute atomic E-state index is 13.4. The van der Waals surface area contributed by atoms with Gasteiger partial charge in [-0.15, -0.1) is 0 Å². The molecule has 0 atom stereocenters. The Balaban J connectivity index is 1.88. The largest absolute Gasteiger partial charge is 0.497 e. The summed E-state index contributed by atoms with van der Waals surface area (Å²) in [5.74, 6) is -0.519. The van der Waals surface area contributed by atoms with E-state index in [9.17, 15) is 14.7 Å². The molecule has 4 aromatic rings. The van der Waals surface area contributed by atoms with Crippen molar-refractivity contribution >= 4 is 40.1 Å². The summed E-state index contributed by atoms with van der Waals surface area (Å²) in [6.07, 6.45) is 1.52. The summed E-state index contributed by atoms with van der Waals surface area (Å²) in [4.78, 5) is 25.7. The molecule has 8 heteroatoms. The van der Waals surface area contributed by atoms with Gasteiger partial charge in [0.1, 0.15) is 22.5 Å². The van der Waals surface area contributed by atoms with E-state index in [1.54, 1.807) is 54.6 Å². The summed E-state index contributed by atoms with van der Waals surface area (Å²) < 4.78 is 18.8. The lowest BCUT2D eigenvalue weighted by atomic mass is 9.91. The molecule has 150 valence electrons. The summed E-state index contributed by atoms with van der Waals surface area (Å²) in [5, 5.41) is 10.0. The molecule has 2 aromatic heterocycles. The van der Waals surface area contributed by atoms with Crippen molar-refractivity contribution < 1.29 is 23.8 Å². The SMILES string of the molecule is COc1ccc(C(=O)C(Cc2ccco2)=C(C(=O)O)c2ccc3nsnc3c2)cc1. The molecule has 0 fully saturated rings. The fourth-order valence-electron chi connectivity index (χ4n) is 3.15. The molecule has 0 saturated heterocycles. The van der Waals surface area contributed by atoms with Gasteiger partial charge in [-0.05, 0) is 54.1 Å². The molecule has 0 aliphatic heterocycles. The highest BCUT2D eigenvalue weighted by molar-refractivity contribution is 7.00. The minimum Gasteiger partial charge on any atom is -0.497 e. The fourth-order valence-corrected chi connectivity index (χ4v) is 3.67. The van der Waals surface area contributed by atoms with Gasteiger partial charge in [0, 0.05) is 17.6 Å². The molecule has 30 heavy (non-hydrogen) atoms. The maximum Gasteiger partial charge on any atom is 0.336 e. The number of carbonyl (C=O) groups is 2. The molecule has 0 bridgehead atoms. The number of carboxylic acids is 1. The van der Waals surface area contributed by atoms with Crippen LogP contribution in [-0.4, -0.2) is 32.7 Å². The number of hydrogen-bond donors (Lipinski definition) is 1. The minimum atomic E-state index is -1.21. The zero-order valence-electron chi connectivity index (χ0n) is 15.9. The van der Waals surface area contributed by atoms with Crippen LogP contribution in [0.1, 0.15) is 21.7 Å². The first-order valence-corrected chi connectivity index (χ1v) is 9.70. The van der Waals surface area contributed by atoms with Gasteiger partial charge >= 0.3 is 5.97 Å². The molecule has 4 rings (SSSR count). The molecule has 0 unspecified atom stereocenters. The molecule has 1 N–H and O–H groups in total. The molecule has 2 aromatic carbocycles. The first-order chi connectivity index (χ1) is 14.6. The number of ketones is 1. The van der Waals surface area contributed by atoms with Gasteiger partial charge < -0.3 is 14.3 Å². The summed E-state index contributed by atoms with van der Waals surface area (Å²) in [7, 11) is 1.53. The Kier molecular flexibility index (Phi) is 5.40. The van der Waals surface area contributed by atoms with Gasteiger partial charge in [0.2, 0.25) is 0 Å². The van der Waals surface area contributed by atoms with Crippen LogP contribution in [0.2, 0.25) is 0 Å². The third-order valence-corrected chi connectivity index (χ3v) is 5.17. The summed E-state index contributed by atoms with van der Waals surface area (Å²) in [6.45, 7) is 0. The smallest absolute Gasteiger partial charge is 0.336 e. The van der Waals surface area contributed by atoms with Crippen LogP contribution in [0.15, 0.2) is 70.9 Å². The lowest BCUT2D eigenvalue weighted by Gasteiger charge is -2.12. The number of carboxylic acid groups (broad SMARTS) is 1. The normalized spacial score (nSPS) is 11.9. The van der Waals surface area contributed by atoms with Gasteiger partial charge in [0.25, 0.3) is 0 Å². The first kappa shape index (κ1) is 19.5. The summed E-state index contributed by atoms with van der Waals surface area (Å²) >= 11 is 1.04. The monoisotopic (exact) mass is 420 g/mol. The Morgan fingerprint density at radius 2 is 1.77 bits per heavy atom. The molecule has 7 nitrogen and oxygen atoms in total. The lowest BCUT2D eigenvalue weighted by molar-refractivity contribution is -0.130.